The highest BCUT2D eigenvalue weighted by Gasteiger charge is 2.42. The molecule has 4 rings (SSSR count). The van der Waals surface area contributed by atoms with Crippen molar-refractivity contribution in [2.24, 2.45) is 11.8 Å². The highest BCUT2D eigenvalue weighted by molar-refractivity contribution is 5.95. The number of pyridine rings is 2. The molecule has 1 aliphatic carbocycles. The van der Waals surface area contributed by atoms with Crippen LogP contribution in [0.5, 0.6) is 11.5 Å². The zero-order valence-electron chi connectivity index (χ0n) is 15.1. The summed E-state index contributed by atoms with van der Waals surface area (Å²) in [5.41, 5.74) is 1.000. The Morgan fingerprint density at radius 3 is 2.63 bits per heavy atom. The van der Waals surface area contributed by atoms with E-state index in [1.807, 2.05) is 0 Å². The molecule has 142 valence electrons. The Morgan fingerprint density at radius 2 is 2.00 bits per heavy atom. The topological polar surface area (TPSA) is 75.5 Å². The van der Waals surface area contributed by atoms with Crippen LogP contribution in [0.4, 0.5) is 4.39 Å². The molecule has 1 N–H and O–H groups in total. The first-order valence-corrected chi connectivity index (χ1v) is 9.18. The lowest BCUT2D eigenvalue weighted by Gasteiger charge is -2.19. The number of ketones is 1. The van der Waals surface area contributed by atoms with E-state index in [2.05, 4.69) is 14.9 Å². The first-order valence-electron chi connectivity index (χ1n) is 9.18. The monoisotopic (exact) mass is 371 g/mol. The molecule has 2 fully saturated rings. The van der Waals surface area contributed by atoms with Gasteiger partial charge in [-0.25, -0.2) is 9.97 Å². The summed E-state index contributed by atoms with van der Waals surface area (Å²) >= 11 is 0. The number of hydrogen-bond acceptors (Lipinski definition) is 6. The zero-order chi connectivity index (χ0) is 19.0. The van der Waals surface area contributed by atoms with E-state index >= 15 is 0 Å². The first-order chi connectivity index (χ1) is 13.0. The maximum absolute atomic E-state index is 13.9. The van der Waals surface area contributed by atoms with E-state index in [4.69, 9.17) is 4.74 Å². The molecule has 0 aromatic carbocycles. The number of carbonyl (C=O) groups excluding carboxylic acids is 1. The van der Waals surface area contributed by atoms with Gasteiger partial charge in [0.15, 0.2) is 11.5 Å². The standard InChI is InChI=1S/C20H22FN3O3/c1-12-2-5-19(20(21)23-12)27-16-6-13-9-24(10-14(13)7-16)11-18(26)17-4-3-15(25)8-22-17/h2-5,8,13-14,16,25H,6-7,9-11H2,1H3/t13-,14+,16?. The SMILES string of the molecule is Cc1ccc(OC2C[C@@H]3CN(CC(=O)c4ccc(O)cn4)C[C@@H]3C2)c(F)n1. The largest absolute Gasteiger partial charge is 0.506 e. The third-order valence-electron chi connectivity index (χ3n) is 5.43. The van der Waals surface area contributed by atoms with Crippen LogP contribution in [0, 0.1) is 24.7 Å². The summed E-state index contributed by atoms with van der Waals surface area (Å²) in [6, 6.07) is 6.41. The van der Waals surface area contributed by atoms with Gasteiger partial charge < -0.3 is 9.84 Å². The fourth-order valence-electron chi connectivity index (χ4n) is 4.18. The van der Waals surface area contributed by atoms with Gasteiger partial charge in [0.2, 0.25) is 0 Å². The molecule has 0 radical (unpaired) electrons. The van der Waals surface area contributed by atoms with Crippen LogP contribution >= 0.6 is 0 Å². The normalized spacial score (nSPS) is 24.7. The molecule has 2 aromatic rings. The van der Waals surface area contributed by atoms with Crippen LogP contribution < -0.4 is 4.74 Å². The van der Waals surface area contributed by atoms with Gasteiger partial charge in [0.25, 0.3) is 5.95 Å². The Labute approximate surface area is 157 Å². The number of hydrogen-bond donors (Lipinski definition) is 1. The smallest absolute Gasteiger partial charge is 0.255 e. The van der Waals surface area contributed by atoms with E-state index < -0.39 is 5.95 Å². The number of aromatic hydroxyl groups is 1. The predicted molar refractivity (Wildman–Crippen MR) is 96.2 cm³/mol. The summed E-state index contributed by atoms with van der Waals surface area (Å²) in [6.07, 6.45) is 3.00. The van der Waals surface area contributed by atoms with Crippen molar-refractivity contribution < 1.29 is 19.0 Å². The summed E-state index contributed by atoms with van der Waals surface area (Å²) < 4.78 is 19.7. The van der Waals surface area contributed by atoms with Crippen molar-refractivity contribution in [3.05, 3.63) is 47.8 Å². The van der Waals surface area contributed by atoms with Crippen molar-refractivity contribution in [3.63, 3.8) is 0 Å². The number of halogens is 1. The first kappa shape index (κ1) is 17.9. The molecule has 0 spiro atoms. The van der Waals surface area contributed by atoms with Gasteiger partial charge in [-0.1, -0.05) is 0 Å². The van der Waals surface area contributed by atoms with E-state index in [1.54, 1.807) is 25.1 Å². The van der Waals surface area contributed by atoms with E-state index in [-0.39, 0.29) is 23.4 Å². The molecular formula is C20H22FN3O3. The van der Waals surface area contributed by atoms with E-state index in [1.165, 1.54) is 12.3 Å². The molecule has 1 saturated carbocycles. The molecule has 1 saturated heterocycles. The van der Waals surface area contributed by atoms with Crippen molar-refractivity contribution in [1.82, 2.24) is 14.9 Å². The van der Waals surface area contributed by atoms with Crippen molar-refractivity contribution in [2.75, 3.05) is 19.6 Å². The predicted octanol–water partition coefficient (Wildman–Crippen LogP) is 2.60. The number of fused-ring (bicyclic) bond motifs is 1. The minimum Gasteiger partial charge on any atom is -0.506 e. The lowest BCUT2D eigenvalue weighted by molar-refractivity contribution is 0.0931. The van der Waals surface area contributed by atoms with Crippen LogP contribution in [0.2, 0.25) is 0 Å². The lowest BCUT2D eigenvalue weighted by Crippen LogP contribution is -2.30. The molecule has 1 unspecified atom stereocenters. The van der Waals surface area contributed by atoms with Crippen molar-refractivity contribution in [3.8, 4) is 11.5 Å². The van der Waals surface area contributed by atoms with E-state index in [0.717, 1.165) is 25.9 Å². The average molecular weight is 371 g/mol. The molecule has 0 amide bonds. The van der Waals surface area contributed by atoms with Crippen molar-refractivity contribution in [1.29, 1.82) is 0 Å². The average Bonchev–Trinajstić information content (AvgIpc) is 3.15. The summed E-state index contributed by atoms with van der Waals surface area (Å²) in [4.78, 5) is 22.3. The van der Waals surface area contributed by atoms with Crippen LogP contribution in [0.1, 0.15) is 29.0 Å². The van der Waals surface area contributed by atoms with Crippen LogP contribution in [0.3, 0.4) is 0 Å². The Balaban J connectivity index is 1.30. The molecule has 0 bridgehead atoms. The van der Waals surface area contributed by atoms with Gasteiger partial charge in [-0.15, -0.1) is 0 Å². The fourth-order valence-corrected chi connectivity index (χ4v) is 4.18. The molecule has 7 heteroatoms. The fraction of sp³-hybridized carbons (Fsp3) is 0.450. The maximum Gasteiger partial charge on any atom is 0.255 e. The van der Waals surface area contributed by atoms with Gasteiger partial charge in [0.1, 0.15) is 11.4 Å². The van der Waals surface area contributed by atoms with Gasteiger partial charge in [0, 0.05) is 18.8 Å². The number of likely N-dealkylation sites (tertiary alicyclic amines) is 1. The van der Waals surface area contributed by atoms with Gasteiger partial charge in [0.05, 0.1) is 18.8 Å². The number of rotatable bonds is 5. The highest BCUT2D eigenvalue weighted by atomic mass is 19.1. The second kappa shape index (κ2) is 7.23. The van der Waals surface area contributed by atoms with Gasteiger partial charge >= 0.3 is 0 Å². The van der Waals surface area contributed by atoms with Crippen LogP contribution in [0.25, 0.3) is 0 Å². The van der Waals surface area contributed by atoms with Gasteiger partial charge in [-0.05, 0) is 55.9 Å². The number of ether oxygens (including phenoxy) is 1. The zero-order valence-corrected chi connectivity index (χ0v) is 15.1. The molecular weight excluding hydrogens is 349 g/mol. The minimum atomic E-state index is -0.555. The maximum atomic E-state index is 13.9. The van der Waals surface area contributed by atoms with Crippen molar-refractivity contribution >= 4 is 5.78 Å². The molecule has 2 aliphatic rings. The van der Waals surface area contributed by atoms with Gasteiger partial charge in [-0.2, -0.15) is 4.39 Å². The Hall–Kier alpha value is -2.54. The summed E-state index contributed by atoms with van der Waals surface area (Å²) in [5.74, 6) is 0.579. The molecule has 27 heavy (non-hydrogen) atoms. The number of carbonyl (C=O) groups is 1. The number of aryl methyl sites for hydroxylation is 1. The second-order valence-corrected chi connectivity index (χ2v) is 7.49. The Morgan fingerprint density at radius 1 is 1.26 bits per heavy atom. The Bertz CT molecular complexity index is 829. The van der Waals surface area contributed by atoms with Crippen molar-refractivity contribution in [2.45, 2.75) is 25.9 Å². The van der Waals surface area contributed by atoms with Crippen LogP contribution in [-0.2, 0) is 0 Å². The Kier molecular flexibility index (Phi) is 4.78. The minimum absolute atomic E-state index is 0.00405. The quantitative estimate of drug-likeness (QED) is 0.643. The molecule has 3 heterocycles. The number of aromatic nitrogens is 2. The summed E-state index contributed by atoms with van der Waals surface area (Å²) in [7, 11) is 0. The van der Waals surface area contributed by atoms with Crippen LogP contribution in [-0.4, -0.2) is 51.5 Å². The van der Waals surface area contributed by atoms with Crippen LogP contribution in [0.15, 0.2) is 30.5 Å². The molecule has 1 aliphatic heterocycles. The molecule has 3 atom stereocenters. The third kappa shape index (κ3) is 3.93. The van der Waals surface area contributed by atoms with E-state index in [0.29, 0.717) is 29.8 Å². The molecule has 6 nitrogen and oxygen atoms in total. The third-order valence-corrected chi connectivity index (χ3v) is 5.43. The van der Waals surface area contributed by atoms with E-state index in [9.17, 15) is 14.3 Å². The number of Topliss-reactive ketones (excluding diaryl/α,β-unsaturated/α-hetero) is 1. The highest BCUT2D eigenvalue weighted by Crippen LogP contribution is 2.40. The summed E-state index contributed by atoms with van der Waals surface area (Å²) in [6.45, 7) is 3.75. The summed E-state index contributed by atoms with van der Waals surface area (Å²) in [5, 5.41) is 9.27. The lowest BCUT2D eigenvalue weighted by atomic mass is 10.0. The second-order valence-electron chi connectivity index (χ2n) is 7.49. The van der Waals surface area contributed by atoms with Gasteiger partial charge in [-0.3, -0.25) is 9.69 Å². The molecule has 2 aromatic heterocycles. The number of nitrogens with zero attached hydrogens (tertiary/aromatic N) is 3.